The molecule has 0 heterocycles. The van der Waals surface area contributed by atoms with Gasteiger partial charge in [0.2, 0.25) is 10.0 Å². The number of thiocarbonyl (C=S) groups is 1. The third-order valence-electron chi connectivity index (χ3n) is 7.24. The van der Waals surface area contributed by atoms with Crippen LogP contribution in [0.2, 0.25) is 0 Å². The Bertz CT molecular complexity index is 854. The Morgan fingerprint density at radius 1 is 0.763 bits per heavy atom. The van der Waals surface area contributed by atoms with Crippen molar-refractivity contribution in [3.63, 3.8) is 0 Å². The number of hydrogen-bond acceptors (Lipinski definition) is 4. The first-order valence-electron chi connectivity index (χ1n) is 15.4. The van der Waals surface area contributed by atoms with Crippen molar-refractivity contribution in [2.75, 3.05) is 10.5 Å². The fourth-order valence-electron chi connectivity index (χ4n) is 4.96. The Morgan fingerprint density at radius 3 is 1.61 bits per heavy atom. The summed E-state index contributed by atoms with van der Waals surface area (Å²) in [5.74, 6) is 0.120. The number of benzene rings is 1. The molecule has 1 unspecified atom stereocenters. The minimum absolute atomic E-state index is 0.0656. The molecule has 220 valence electrons. The quantitative estimate of drug-likeness (QED) is 0.112. The number of rotatable bonds is 22. The van der Waals surface area contributed by atoms with Crippen molar-refractivity contribution in [3.05, 3.63) is 29.3 Å². The molecule has 1 aromatic rings. The highest BCUT2D eigenvalue weighted by Gasteiger charge is 2.21. The molecule has 1 aromatic carbocycles. The molecule has 0 aromatic heterocycles. The second kappa shape index (κ2) is 19.8. The number of para-hydroxylation sites is 1. The third kappa shape index (κ3) is 15.5. The average molecular weight is 568 g/mol. The summed E-state index contributed by atoms with van der Waals surface area (Å²) >= 11 is 5.33. The van der Waals surface area contributed by atoms with Gasteiger partial charge in [-0.15, -0.1) is 0 Å². The molecular formula is C32H57NO3S2. The van der Waals surface area contributed by atoms with Crippen LogP contribution in [0.1, 0.15) is 161 Å². The monoisotopic (exact) mass is 567 g/mol. The van der Waals surface area contributed by atoms with Gasteiger partial charge in [0, 0.05) is 0 Å². The summed E-state index contributed by atoms with van der Waals surface area (Å²) in [5, 5.41) is 0.142. The lowest BCUT2D eigenvalue weighted by Crippen LogP contribution is -2.26. The first-order valence-corrected chi connectivity index (χ1v) is 17.5. The molecule has 0 radical (unpaired) electrons. The molecule has 0 bridgehead atoms. The van der Waals surface area contributed by atoms with Gasteiger partial charge in [-0.05, 0) is 54.9 Å². The summed E-state index contributed by atoms with van der Waals surface area (Å²) in [7, 11) is -3.66. The Morgan fingerprint density at radius 2 is 1.18 bits per heavy atom. The molecule has 0 amide bonds. The fourth-order valence-corrected chi connectivity index (χ4v) is 6.59. The molecule has 4 nitrogen and oxygen atoms in total. The maximum absolute atomic E-state index is 13.0. The van der Waals surface area contributed by atoms with Crippen LogP contribution in [0.15, 0.2) is 18.2 Å². The fraction of sp³-hybridized carbons (Fsp3) is 0.781. The molecule has 38 heavy (non-hydrogen) atoms. The highest BCUT2D eigenvalue weighted by Crippen LogP contribution is 2.33. The van der Waals surface area contributed by atoms with Crippen molar-refractivity contribution in [2.24, 2.45) is 0 Å². The normalized spacial score (nSPS) is 12.7. The minimum Gasteiger partial charge on any atom is -0.483 e. The van der Waals surface area contributed by atoms with Gasteiger partial charge in [-0.3, -0.25) is 4.72 Å². The lowest BCUT2D eigenvalue weighted by Gasteiger charge is -2.21. The highest BCUT2D eigenvalue weighted by molar-refractivity contribution is 7.95. The minimum atomic E-state index is -3.66. The second-order valence-corrected chi connectivity index (χ2v) is 13.8. The van der Waals surface area contributed by atoms with E-state index >= 15 is 0 Å². The predicted molar refractivity (Wildman–Crippen MR) is 170 cm³/mol. The van der Waals surface area contributed by atoms with E-state index in [1.165, 1.54) is 83.5 Å². The largest absolute Gasteiger partial charge is 0.483 e. The van der Waals surface area contributed by atoms with Gasteiger partial charge in [0.1, 0.15) is 5.75 Å². The standard InChI is InChI=1S/C32H57NO3S2/c1-7-8-9-10-11-12-13-14-15-16-17-18-19-20-22-28(6)36-31(37)25-38(34,35)33-32-29(26(2)3)23-21-24-30(32)27(4)5/h21,23-24,26-28,33H,7-20,22,25H2,1-6H3. The first kappa shape index (κ1) is 34.9. The van der Waals surface area contributed by atoms with Crippen LogP contribution in [0.4, 0.5) is 5.69 Å². The molecule has 1 atom stereocenters. The zero-order chi connectivity index (χ0) is 28.4. The Balaban J connectivity index is 2.26. The van der Waals surface area contributed by atoms with Gasteiger partial charge in [-0.25, -0.2) is 8.42 Å². The highest BCUT2D eigenvalue weighted by atomic mass is 32.2. The Kier molecular flexibility index (Phi) is 18.2. The topological polar surface area (TPSA) is 55.4 Å². The van der Waals surface area contributed by atoms with Crippen molar-refractivity contribution in [2.45, 2.75) is 156 Å². The van der Waals surface area contributed by atoms with E-state index in [2.05, 4.69) is 39.3 Å². The molecule has 0 spiro atoms. The summed E-state index contributed by atoms with van der Waals surface area (Å²) in [4.78, 5) is 0. The lowest BCUT2D eigenvalue weighted by atomic mass is 9.93. The third-order valence-corrected chi connectivity index (χ3v) is 8.82. The van der Waals surface area contributed by atoms with Crippen LogP contribution in [0, 0.1) is 0 Å². The summed E-state index contributed by atoms with van der Waals surface area (Å²) in [6.45, 7) is 12.6. The SMILES string of the molecule is CCCCCCCCCCCCCCCCC(C)OC(=S)CS(=O)(=O)Nc1c(C(C)C)cccc1C(C)C. The molecule has 0 saturated carbocycles. The summed E-state index contributed by atoms with van der Waals surface area (Å²) in [6.07, 6.45) is 19.6. The van der Waals surface area contributed by atoms with Gasteiger partial charge < -0.3 is 4.74 Å². The molecule has 0 fully saturated rings. The van der Waals surface area contributed by atoms with Crippen LogP contribution < -0.4 is 4.72 Å². The Hall–Kier alpha value is -1.14. The molecule has 6 heteroatoms. The maximum Gasteiger partial charge on any atom is 0.240 e. The average Bonchev–Trinajstić information content (AvgIpc) is 2.83. The first-order chi connectivity index (χ1) is 18.1. The van der Waals surface area contributed by atoms with Crippen LogP contribution in [-0.4, -0.2) is 25.3 Å². The lowest BCUT2D eigenvalue weighted by molar-refractivity contribution is 0.197. The maximum atomic E-state index is 13.0. The summed E-state index contributed by atoms with van der Waals surface area (Å²) in [5.41, 5.74) is 2.69. The summed E-state index contributed by atoms with van der Waals surface area (Å²) < 4.78 is 34.5. The van der Waals surface area contributed by atoms with E-state index in [-0.39, 0.29) is 28.7 Å². The summed E-state index contributed by atoms with van der Waals surface area (Å²) in [6, 6.07) is 5.97. The number of unbranched alkanes of at least 4 members (excludes halogenated alkanes) is 13. The molecule has 0 saturated heterocycles. The van der Waals surface area contributed by atoms with E-state index in [0.29, 0.717) is 5.69 Å². The number of anilines is 1. The number of nitrogens with one attached hydrogen (secondary N) is 1. The van der Waals surface area contributed by atoms with Crippen molar-refractivity contribution < 1.29 is 13.2 Å². The molecule has 0 aliphatic rings. The van der Waals surface area contributed by atoms with Crippen molar-refractivity contribution >= 4 is 33.0 Å². The van der Waals surface area contributed by atoms with Gasteiger partial charge >= 0.3 is 0 Å². The Labute approximate surface area is 241 Å². The van der Waals surface area contributed by atoms with Gasteiger partial charge in [-0.2, -0.15) is 0 Å². The number of sulfonamides is 1. The van der Waals surface area contributed by atoms with E-state index < -0.39 is 10.0 Å². The van der Waals surface area contributed by atoms with E-state index in [9.17, 15) is 8.42 Å². The van der Waals surface area contributed by atoms with Crippen LogP contribution >= 0.6 is 12.2 Å². The number of ether oxygens (including phenoxy) is 1. The smallest absolute Gasteiger partial charge is 0.240 e. The van der Waals surface area contributed by atoms with E-state index in [1.54, 1.807) is 0 Å². The van der Waals surface area contributed by atoms with Gasteiger partial charge in [0.15, 0.2) is 5.05 Å². The molecular weight excluding hydrogens is 510 g/mol. The molecule has 0 aliphatic carbocycles. The second-order valence-electron chi connectivity index (χ2n) is 11.7. The number of hydrogen-bond donors (Lipinski definition) is 1. The van der Waals surface area contributed by atoms with E-state index in [0.717, 1.165) is 24.0 Å². The van der Waals surface area contributed by atoms with Crippen LogP contribution in [0.5, 0.6) is 0 Å². The van der Waals surface area contributed by atoms with Gasteiger partial charge in [0.05, 0.1) is 11.8 Å². The van der Waals surface area contributed by atoms with E-state index in [4.69, 9.17) is 17.0 Å². The predicted octanol–water partition coefficient (Wildman–Crippen LogP) is 10.3. The van der Waals surface area contributed by atoms with E-state index in [1.807, 2.05) is 25.1 Å². The molecule has 1 rings (SSSR count). The van der Waals surface area contributed by atoms with Crippen LogP contribution in [0.25, 0.3) is 0 Å². The van der Waals surface area contributed by atoms with Crippen LogP contribution in [0.3, 0.4) is 0 Å². The molecule has 0 aliphatic heterocycles. The van der Waals surface area contributed by atoms with Gasteiger partial charge in [0.25, 0.3) is 0 Å². The van der Waals surface area contributed by atoms with Crippen LogP contribution in [-0.2, 0) is 14.8 Å². The molecule has 1 N–H and O–H groups in total. The zero-order valence-electron chi connectivity index (χ0n) is 25.3. The van der Waals surface area contributed by atoms with Crippen molar-refractivity contribution in [3.8, 4) is 0 Å². The van der Waals surface area contributed by atoms with Crippen molar-refractivity contribution in [1.29, 1.82) is 0 Å². The van der Waals surface area contributed by atoms with Gasteiger partial charge in [-0.1, -0.05) is 136 Å². The zero-order valence-corrected chi connectivity index (χ0v) is 27.0. The van der Waals surface area contributed by atoms with Crippen molar-refractivity contribution in [1.82, 2.24) is 0 Å².